The van der Waals surface area contributed by atoms with Gasteiger partial charge in [-0.05, 0) is 71.8 Å². The van der Waals surface area contributed by atoms with E-state index >= 15 is 0 Å². The zero-order valence-electron chi connectivity index (χ0n) is 29.5. The summed E-state index contributed by atoms with van der Waals surface area (Å²) in [5, 5.41) is 16.8. The zero-order chi connectivity index (χ0) is 36.6. The maximum Gasteiger partial charge on any atom is 0.211 e. The topological polar surface area (TPSA) is 42.9 Å². The van der Waals surface area contributed by atoms with Crippen molar-refractivity contribution in [2.45, 2.75) is 0 Å². The van der Waals surface area contributed by atoms with Gasteiger partial charge in [0.25, 0.3) is 0 Å². The molecule has 0 aliphatic heterocycles. The van der Waals surface area contributed by atoms with Crippen LogP contribution in [0.2, 0.25) is 0 Å². The highest BCUT2D eigenvalue weighted by Crippen LogP contribution is 2.43. The molecule has 0 spiro atoms. The number of nitriles is 1. The Morgan fingerprint density at radius 2 is 0.982 bits per heavy atom. The molecule has 0 radical (unpaired) electrons. The highest BCUT2D eigenvalue weighted by atomic mass is 15.1. The zero-order valence-corrected chi connectivity index (χ0v) is 29.5. The van der Waals surface area contributed by atoms with E-state index in [0.717, 1.165) is 82.8 Å². The molecule has 254 valence electrons. The standard InChI is InChI=1S/C50H29N5/c1-52-42-18-10-16-35(49(42)55-45-21-8-4-14-38(45)39-15-5-9-22-46(39)55)33-25-27-34(28-26-33)53-47-29-24-32(31-51)30-41(47)40-17-11-23-48(50(40)53)54-43-19-6-2-12-36(43)37-13-3-7-20-44(37)54/h2-30H. The molecule has 8 aromatic carbocycles. The van der Waals surface area contributed by atoms with Crippen LogP contribution in [0.1, 0.15) is 5.56 Å². The van der Waals surface area contributed by atoms with Crippen LogP contribution in [0, 0.1) is 17.9 Å². The van der Waals surface area contributed by atoms with Gasteiger partial charge in [0.05, 0.1) is 62.7 Å². The Kier molecular flexibility index (Phi) is 6.61. The average Bonchev–Trinajstić information content (AvgIpc) is 3.89. The predicted molar refractivity (Wildman–Crippen MR) is 226 cm³/mol. The van der Waals surface area contributed by atoms with Crippen LogP contribution in [-0.4, -0.2) is 13.7 Å². The molecular weight excluding hydrogens is 671 g/mol. The van der Waals surface area contributed by atoms with Gasteiger partial charge in [-0.2, -0.15) is 5.26 Å². The van der Waals surface area contributed by atoms with E-state index in [0.29, 0.717) is 11.3 Å². The summed E-state index contributed by atoms with van der Waals surface area (Å²) >= 11 is 0. The molecule has 11 aromatic rings. The lowest BCUT2D eigenvalue weighted by molar-refractivity contribution is 1.13. The van der Waals surface area contributed by atoms with Crippen molar-refractivity contribution in [3.63, 3.8) is 0 Å². The van der Waals surface area contributed by atoms with Gasteiger partial charge in [0.15, 0.2) is 0 Å². The molecule has 11 rings (SSSR count). The number of hydrogen-bond acceptors (Lipinski definition) is 1. The molecule has 0 saturated carbocycles. The summed E-state index contributed by atoms with van der Waals surface area (Å²) in [6, 6.07) is 63.5. The number of nitrogens with zero attached hydrogens (tertiary/aromatic N) is 5. The van der Waals surface area contributed by atoms with Crippen molar-refractivity contribution in [3.8, 4) is 34.3 Å². The molecule has 0 unspecified atom stereocenters. The summed E-state index contributed by atoms with van der Waals surface area (Å²) in [4.78, 5) is 4.04. The molecular formula is C50H29N5. The van der Waals surface area contributed by atoms with Crippen molar-refractivity contribution in [3.05, 3.63) is 193 Å². The summed E-state index contributed by atoms with van der Waals surface area (Å²) in [6.07, 6.45) is 0. The molecule has 0 bridgehead atoms. The maximum atomic E-state index is 9.94. The second-order valence-corrected chi connectivity index (χ2v) is 13.9. The minimum atomic E-state index is 0.597. The Hall–Kier alpha value is -7.86. The normalized spacial score (nSPS) is 11.6. The summed E-state index contributed by atoms with van der Waals surface area (Å²) in [7, 11) is 0. The number of hydrogen-bond donors (Lipinski definition) is 0. The van der Waals surface area contributed by atoms with Crippen LogP contribution in [-0.2, 0) is 0 Å². The first-order valence-electron chi connectivity index (χ1n) is 18.3. The molecule has 3 aromatic heterocycles. The maximum absolute atomic E-state index is 9.94. The minimum absolute atomic E-state index is 0.597. The van der Waals surface area contributed by atoms with Gasteiger partial charge in [0.2, 0.25) is 5.69 Å². The SMILES string of the molecule is [C-]#[N+]c1cccc(-c2ccc(-n3c4ccc(C#N)cc4c4cccc(-n5c6ccccc6c6ccccc65)c43)cc2)c1-n1c2ccccc2c2ccccc21. The Balaban J connectivity index is 1.17. The smallest absolute Gasteiger partial charge is 0.211 e. The average molecular weight is 700 g/mol. The van der Waals surface area contributed by atoms with Crippen LogP contribution in [0.5, 0.6) is 0 Å². The molecule has 0 saturated heterocycles. The first-order chi connectivity index (χ1) is 27.2. The molecule has 0 amide bonds. The number of benzene rings is 8. The van der Waals surface area contributed by atoms with Gasteiger partial charge in [0.1, 0.15) is 0 Å². The van der Waals surface area contributed by atoms with Crippen molar-refractivity contribution in [1.29, 1.82) is 5.26 Å². The monoisotopic (exact) mass is 699 g/mol. The van der Waals surface area contributed by atoms with E-state index in [1.54, 1.807) is 0 Å². The summed E-state index contributed by atoms with van der Waals surface area (Å²) in [5.74, 6) is 0. The van der Waals surface area contributed by atoms with Crippen LogP contribution in [0.15, 0.2) is 176 Å². The van der Waals surface area contributed by atoms with Crippen molar-refractivity contribution in [2.24, 2.45) is 0 Å². The fourth-order valence-corrected chi connectivity index (χ4v) is 8.79. The largest absolute Gasteiger partial charge is 0.318 e. The van der Waals surface area contributed by atoms with Crippen LogP contribution >= 0.6 is 0 Å². The highest BCUT2D eigenvalue weighted by molar-refractivity contribution is 6.15. The van der Waals surface area contributed by atoms with Gasteiger partial charge < -0.3 is 13.7 Å². The lowest BCUT2D eigenvalue weighted by Crippen LogP contribution is -2.01. The fourth-order valence-electron chi connectivity index (χ4n) is 8.79. The second kappa shape index (κ2) is 11.8. The van der Waals surface area contributed by atoms with E-state index < -0.39 is 0 Å². The van der Waals surface area contributed by atoms with Crippen LogP contribution in [0.3, 0.4) is 0 Å². The minimum Gasteiger partial charge on any atom is -0.318 e. The number of para-hydroxylation sites is 6. The summed E-state index contributed by atoms with van der Waals surface area (Å²) < 4.78 is 6.95. The van der Waals surface area contributed by atoms with Gasteiger partial charge in [-0.3, -0.25) is 0 Å². The fraction of sp³-hybridized carbons (Fsp3) is 0. The number of rotatable bonds is 4. The highest BCUT2D eigenvalue weighted by Gasteiger charge is 2.22. The van der Waals surface area contributed by atoms with E-state index in [1.165, 1.54) is 10.8 Å². The molecule has 5 heteroatoms. The van der Waals surface area contributed by atoms with Crippen molar-refractivity contribution >= 4 is 71.1 Å². The van der Waals surface area contributed by atoms with Gasteiger partial charge in [0, 0.05) is 38.0 Å². The van der Waals surface area contributed by atoms with Gasteiger partial charge in [-0.15, -0.1) is 0 Å². The van der Waals surface area contributed by atoms with Gasteiger partial charge >= 0.3 is 0 Å². The van der Waals surface area contributed by atoms with E-state index in [4.69, 9.17) is 6.57 Å². The molecule has 0 fully saturated rings. The van der Waals surface area contributed by atoms with E-state index in [-0.39, 0.29) is 0 Å². The van der Waals surface area contributed by atoms with Gasteiger partial charge in [-0.1, -0.05) is 115 Å². The molecule has 0 aliphatic rings. The quantitative estimate of drug-likeness (QED) is 0.169. The van der Waals surface area contributed by atoms with Crippen LogP contribution < -0.4 is 0 Å². The molecule has 3 heterocycles. The summed E-state index contributed by atoms with van der Waals surface area (Å²) in [5.41, 5.74) is 12.7. The van der Waals surface area contributed by atoms with E-state index in [9.17, 15) is 5.26 Å². The molecule has 0 atom stereocenters. The van der Waals surface area contributed by atoms with Crippen molar-refractivity contribution in [2.75, 3.05) is 0 Å². The summed E-state index contributed by atoms with van der Waals surface area (Å²) in [6.45, 7) is 8.24. The Labute approximate surface area is 316 Å². The Morgan fingerprint density at radius 1 is 0.455 bits per heavy atom. The van der Waals surface area contributed by atoms with Crippen molar-refractivity contribution < 1.29 is 0 Å². The van der Waals surface area contributed by atoms with Crippen LogP contribution in [0.25, 0.3) is 98.5 Å². The predicted octanol–water partition coefficient (Wildman–Crippen LogP) is 13.1. The molecule has 55 heavy (non-hydrogen) atoms. The lowest BCUT2D eigenvalue weighted by Gasteiger charge is -2.17. The third-order valence-corrected chi connectivity index (χ3v) is 11.1. The third kappa shape index (κ3) is 4.39. The molecule has 0 N–H and O–H groups in total. The third-order valence-electron chi connectivity index (χ3n) is 11.1. The Morgan fingerprint density at radius 3 is 1.56 bits per heavy atom. The molecule has 5 nitrogen and oxygen atoms in total. The lowest BCUT2D eigenvalue weighted by atomic mass is 10.0. The second-order valence-electron chi connectivity index (χ2n) is 13.9. The molecule has 0 aliphatic carbocycles. The first-order valence-corrected chi connectivity index (χ1v) is 18.3. The van der Waals surface area contributed by atoms with E-state index in [1.807, 2.05) is 24.3 Å². The van der Waals surface area contributed by atoms with Gasteiger partial charge in [-0.25, -0.2) is 4.85 Å². The van der Waals surface area contributed by atoms with E-state index in [2.05, 4.69) is 176 Å². The Bertz CT molecular complexity index is 3350. The van der Waals surface area contributed by atoms with Crippen molar-refractivity contribution in [1.82, 2.24) is 13.7 Å². The number of fused-ring (bicyclic) bond motifs is 9. The first kappa shape index (κ1) is 30.7. The van der Waals surface area contributed by atoms with Crippen LogP contribution in [0.4, 0.5) is 5.69 Å². The number of aromatic nitrogens is 3.